The van der Waals surface area contributed by atoms with Gasteiger partial charge in [-0.25, -0.2) is 0 Å². The lowest BCUT2D eigenvalue weighted by atomic mass is 10.1. The monoisotopic (exact) mass is 265 g/mol. The summed E-state index contributed by atoms with van der Waals surface area (Å²) in [4.78, 5) is 0. The van der Waals surface area contributed by atoms with E-state index in [2.05, 4.69) is 5.32 Å². The van der Waals surface area contributed by atoms with Gasteiger partial charge < -0.3 is 5.32 Å². The second-order valence-corrected chi connectivity index (χ2v) is 4.78. The SMILES string of the molecule is CC(CCl)(CCl)NCc1ccc(Cl)cc1. The van der Waals surface area contributed by atoms with Crippen molar-refractivity contribution in [2.45, 2.75) is 19.0 Å². The average Bonchev–Trinajstić information content (AvgIpc) is 2.28. The maximum Gasteiger partial charge on any atom is 0.0427 e. The minimum Gasteiger partial charge on any atom is -0.305 e. The molecule has 0 unspecified atom stereocenters. The van der Waals surface area contributed by atoms with Gasteiger partial charge in [0.05, 0.1) is 0 Å². The summed E-state index contributed by atoms with van der Waals surface area (Å²) in [6, 6.07) is 7.71. The van der Waals surface area contributed by atoms with E-state index < -0.39 is 0 Å². The molecule has 0 saturated heterocycles. The molecule has 0 saturated carbocycles. The zero-order chi connectivity index (χ0) is 11.3. The summed E-state index contributed by atoms with van der Waals surface area (Å²) in [5.74, 6) is 0.980. The summed E-state index contributed by atoms with van der Waals surface area (Å²) >= 11 is 17.5. The molecule has 4 heteroatoms. The van der Waals surface area contributed by atoms with Crippen molar-refractivity contribution in [2.24, 2.45) is 0 Å². The Hall–Kier alpha value is 0.0500. The molecule has 1 N–H and O–H groups in total. The van der Waals surface area contributed by atoms with Crippen LogP contribution in [0.5, 0.6) is 0 Å². The van der Waals surface area contributed by atoms with Crippen LogP contribution < -0.4 is 5.32 Å². The maximum absolute atomic E-state index is 5.83. The van der Waals surface area contributed by atoms with Crippen LogP contribution in [0.4, 0.5) is 0 Å². The number of hydrogen-bond donors (Lipinski definition) is 1. The van der Waals surface area contributed by atoms with Crippen LogP contribution in [0.15, 0.2) is 24.3 Å². The van der Waals surface area contributed by atoms with Gasteiger partial charge in [-0.1, -0.05) is 23.7 Å². The quantitative estimate of drug-likeness (QED) is 0.802. The molecule has 0 fully saturated rings. The number of halogens is 3. The Balaban J connectivity index is 2.53. The third-order valence-corrected chi connectivity index (χ3v) is 3.65. The van der Waals surface area contributed by atoms with Gasteiger partial charge in [-0.3, -0.25) is 0 Å². The molecule has 84 valence electrons. The van der Waals surface area contributed by atoms with Crippen molar-refractivity contribution in [3.8, 4) is 0 Å². The molecule has 0 aliphatic heterocycles. The lowest BCUT2D eigenvalue weighted by Gasteiger charge is -2.26. The molecule has 15 heavy (non-hydrogen) atoms. The van der Waals surface area contributed by atoms with Crippen molar-refractivity contribution in [1.29, 1.82) is 0 Å². The van der Waals surface area contributed by atoms with E-state index in [0.717, 1.165) is 11.6 Å². The summed E-state index contributed by atoms with van der Waals surface area (Å²) in [6.45, 7) is 2.75. The highest BCUT2D eigenvalue weighted by Crippen LogP contribution is 2.13. The van der Waals surface area contributed by atoms with Gasteiger partial charge in [0.25, 0.3) is 0 Å². The number of nitrogens with one attached hydrogen (secondary N) is 1. The summed E-state index contributed by atoms with van der Waals surface area (Å²) in [5, 5.41) is 4.07. The zero-order valence-corrected chi connectivity index (χ0v) is 10.8. The van der Waals surface area contributed by atoms with Crippen LogP contribution in [0, 0.1) is 0 Å². The predicted molar refractivity (Wildman–Crippen MR) is 68.1 cm³/mol. The van der Waals surface area contributed by atoms with Gasteiger partial charge in [0.1, 0.15) is 0 Å². The van der Waals surface area contributed by atoms with Crippen LogP contribution in [-0.4, -0.2) is 17.3 Å². The first-order chi connectivity index (χ1) is 7.09. The lowest BCUT2D eigenvalue weighted by Crippen LogP contribution is -2.45. The van der Waals surface area contributed by atoms with E-state index in [-0.39, 0.29) is 5.54 Å². The number of hydrogen-bond acceptors (Lipinski definition) is 1. The van der Waals surface area contributed by atoms with Gasteiger partial charge in [0, 0.05) is 28.9 Å². The van der Waals surface area contributed by atoms with Crippen LogP contribution >= 0.6 is 34.8 Å². The maximum atomic E-state index is 5.83. The summed E-state index contributed by atoms with van der Waals surface area (Å²) in [5.41, 5.74) is 0.948. The molecule has 0 spiro atoms. The Morgan fingerprint density at radius 3 is 2.13 bits per heavy atom. The minimum absolute atomic E-state index is 0.219. The molecule has 0 atom stereocenters. The molecular weight excluding hydrogens is 252 g/mol. The van der Waals surface area contributed by atoms with Gasteiger partial charge in [-0.2, -0.15) is 0 Å². The molecule has 1 rings (SSSR count). The normalized spacial score (nSPS) is 11.7. The topological polar surface area (TPSA) is 12.0 Å². The van der Waals surface area contributed by atoms with Crippen molar-refractivity contribution in [2.75, 3.05) is 11.8 Å². The van der Waals surface area contributed by atoms with Crippen LogP contribution in [0.2, 0.25) is 5.02 Å². The number of rotatable bonds is 5. The van der Waals surface area contributed by atoms with Gasteiger partial charge in [0.2, 0.25) is 0 Å². The molecule has 1 nitrogen and oxygen atoms in total. The highest BCUT2D eigenvalue weighted by molar-refractivity contribution is 6.30. The Morgan fingerprint density at radius 1 is 1.13 bits per heavy atom. The molecule has 0 aromatic heterocycles. The van der Waals surface area contributed by atoms with Gasteiger partial charge in [-0.05, 0) is 24.6 Å². The summed E-state index contributed by atoms with van der Waals surface area (Å²) < 4.78 is 0. The Kier molecular flexibility index (Phi) is 5.20. The first kappa shape index (κ1) is 13.1. The first-order valence-electron chi connectivity index (χ1n) is 4.71. The van der Waals surface area contributed by atoms with E-state index in [1.54, 1.807) is 0 Å². The lowest BCUT2D eigenvalue weighted by molar-refractivity contribution is 0.435. The second kappa shape index (κ2) is 5.95. The van der Waals surface area contributed by atoms with E-state index >= 15 is 0 Å². The molecule has 0 radical (unpaired) electrons. The van der Waals surface area contributed by atoms with Crippen molar-refractivity contribution in [1.82, 2.24) is 5.32 Å². The average molecular weight is 267 g/mol. The van der Waals surface area contributed by atoms with Crippen molar-refractivity contribution in [3.63, 3.8) is 0 Å². The van der Waals surface area contributed by atoms with E-state index in [0.29, 0.717) is 11.8 Å². The Labute approximate surface area is 106 Å². The van der Waals surface area contributed by atoms with Gasteiger partial charge in [0.15, 0.2) is 0 Å². The van der Waals surface area contributed by atoms with Gasteiger partial charge in [-0.15, -0.1) is 23.2 Å². The van der Waals surface area contributed by atoms with Crippen LogP contribution in [0.3, 0.4) is 0 Å². The highest BCUT2D eigenvalue weighted by atomic mass is 35.5. The van der Waals surface area contributed by atoms with E-state index in [4.69, 9.17) is 34.8 Å². The van der Waals surface area contributed by atoms with E-state index in [1.807, 2.05) is 31.2 Å². The predicted octanol–water partition coefficient (Wildman–Crippen LogP) is 3.67. The standard InChI is InChI=1S/C11H14Cl3N/c1-11(7-12,8-13)15-6-9-2-4-10(14)5-3-9/h2-5,15H,6-8H2,1H3. The number of benzene rings is 1. The van der Waals surface area contributed by atoms with Crippen LogP contribution in [0.1, 0.15) is 12.5 Å². The first-order valence-corrected chi connectivity index (χ1v) is 6.16. The van der Waals surface area contributed by atoms with Crippen molar-refractivity contribution < 1.29 is 0 Å². The molecule has 0 heterocycles. The van der Waals surface area contributed by atoms with Crippen molar-refractivity contribution in [3.05, 3.63) is 34.9 Å². The molecule has 0 aliphatic rings. The van der Waals surface area contributed by atoms with Crippen molar-refractivity contribution >= 4 is 34.8 Å². The fraction of sp³-hybridized carbons (Fsp3) is 0.455. The fourth-order valence-electron chi connectivity index (χ4n) is 1.05. The molecule has 0 amide bonds. The van der Waals surface area contributed by atoms with Gasteiger partial charge >= 0.3 is 0 Å². The smallest absolute Gasteiger partial charge is 0.0427 e. The van der Waals surface area contributed by atoms with E-state index in [9.17, 15) is 0 Å². The summed E-state index contributed by atoms with van der Waals surface area (Å²) in [6.07, 6.45) is 0. The highest BCUT2D eigenvalue weighted by Gasteiger charge is 2.20. The molecule has 1 aromatic rings. The second-order valence-electron chi connectivity index (χ2n) is 3.81. The molecular formula is C11H14Cl3N. The summed E-state index contributed by atoms with van der Waals surface area (Å²) in [7, 11) is 0. The molecule has 0 bridgehead atoms. The van der Waals surface area contributed by atoms with Crippen LogP contribution in [-0.2, 0) is 6.54 Å². The molecule has 0 aliphatic carbocycles. The number of alkyl halides is 2. The van der Waals surface area contributed by atoms with Crippen LogP contribution in [0.25, 0.3) is 0 Å². The molecule has 1 aromatic carbocycles. The largest absolute Gasteiger partial charge is 0.305 e. The minimum atomic E-state index is -0.219. The fourth-order valence-corrected chi connectivity index (χ4v) is 1.65. The third-order valence-electron chi connectivity index (χ3n) is 2.22. The third kappa shape index (κ3) is 4.20. The van der Waals surface area contributed by atoms with E-state index in [1.165, 1.54) is 5.56 Å². The Morgan fingerprint density at radius 2 is 1.67 bits per heavy atom. The zero-order valence-electron chi connectivity index (χ0n) is 8.56. The Bertz CT molecular complexity index is 293.